The number of halogens is 2. The largest absolute Gasteiger partial charge is 0.496 e. The molecule has 0 N–H and O–H groups in total. The Bertz CT molecular complexity index is 397. The third-order valence-electron chi connectivity index (χ3n) is 3.08. The van der Waals surface area contributed by atoms with E-state index >= 15 is 0 Å². The molecule has 0 radical (unpaired) electrons. The van der Waals surface area contributed by atoms with Crippen LogP contribution in [0.4, 0.5) is 4.39 Å². The topological polar surface area (TPSA) is 18.5 Å². The van der Waals surface area contributed by atoms with E-state index in [1.165, 1.54) is 12.1 Å². The summed E-state index contributed by atoms with van der Waals surface area (Å²) in [5.74, 6) is 0.298. The maximum absolute atomic E-state index is 13.3. The zero-order chi connectivity index (χ0) is 12.4. The van der Waals surface area contributed by atoms with Crippen LogP contribution in [0.1, 0.15) is 30.7 Å². The van der Waals surface area contributed by atoms with Crippen LogP contribution in [-0.2, 0) is 4.74 Å². The Labute approximate surface area is 106 Å². The second-order valence-electron chi connectivity index (χ2n) is 4.35. The molecule has 0 aliphatic carbocycles. The van der Waals surface area contributed by atoms with Crippen molar-refractivity contribution in [2.24, 2.45) is 0 Å². The van der Waals surface area contributed by atoms with E-state index in [4.69, 9.17) is 21.1 Å². The number of alkyl halides is 1. The Morgan fingerprint density at radius 3 is 2.82 bits per heavy atom. The first-order valence-corrected chi connectivity index (χ1v) is 6.18. The molecule has 17 heavy (non-hydrogen) atoms. The van der Waals surface area contributed by atoms with Gasteiger partial charge in [-0.3, -0.25) is 0 Å². The number of rotatable bonds is 3. The van der Waals surface area contributed by atoms with Crippen LogP contribution in [0, 0.1) is 5.82 Å². The highest BCUT2D eigenvalue weighted by Crippen LogP contribution is 2.38. The second-order valence-corrected chi connectivity index (χ2v) is 4.82. The van der Waals surface area contributed by atoms with Crippen molar-refractivity contribution in [3.05, 3.63) is 29.6 Å². The van der Waals surface area contributed by atoms with Crippen LogP contribution in [-0.4, -0.2) is 19.3 Å². The van der Waals surface area contributed by atoms with Crippen molar-refractivity contribution in [2.45, 2.75) is 37.4 Å². The van der Waals surface area contributed by atoms with Gasteiger partial charge in [-0.2, -0.15) is 0 Å². The zero-order valence-electron chi connectivity index (χ0n) is 9.95. The zero-order valence-corrected chi connectivity index (χ0v) is 10.7. The van der Waals surface area contributed by atoms with Crippen molar-refractivity contribution < 1.29 is 13.9 Å². The highest BCUT2D eigenvalue weighted by Gasteiger charge is 2.31. The molecule has 0 saturated carbocycles. The van der Waals surface area contributed by atoms with Crippen molar-refractivity contribution in [3.63, 3.8) is 0 Å². The normalized spacial score (nSPS) is 25.9. The molecule has 0 bridgehead atoms. The fourth-order valence-electron chi connectivity index (χ4n) is 2.17. The van der Waals surface area contributed by atoms with Crippen molar-refractivity contribution in [1.29, 1.82) is 0 Å². The highest BCUT2D eigenvalue weighted by atomic mass is 35.5. The predicted octanol–water partition coefficient (Wildman–Crippen LogP) is 3.68. The monoisotopic (exact) mass is 258 g/mol. The molecule has 0 amide bonds. The van der Waals surface area contributed by atoms with Crippen LogP contribution in [0.3, 0.4) is 0 Å². The van der Waals surface area contributed by atoms with Gasteiger partial charge in [0.15, 0.2) is 0 Å². The molecule has 0 spiro atoms. The number of benzene rings is 1. The van der Waals surface area contributed by atoms with Gasteiger partial charge in [0.1, 0.15) is 11.6 Å². The van der Waals surface area contributed by atoms with Crippen molar-refractivity contribution >= 4 is 11.6 Å². The molecule has 3 unspecified atom stereocenters. The molecule has 94 valence electrons. The first-order valence-electron chi connectivity index (χ1n) is 5.74. The molecule has 2 nitrogen and oxygen atoms in total. The van der Waals surface area contributed by atoms with Crippen LogP contribution < -0.4 is 4.74 Å². The van der Waals surface area contributed by atoms with E-state index < -0.39 is 0 Å². The maximum Gasteiger partial charge on any atom is 0.123 e. The molecule has 3 atom stereocenters. The molecule has 1 aliphatic heterocycles. The van der Waals surface area contributed by atoms with Crippen LogP contribution in [0.15, 0.2) is 18.2 Å². The van der Waals surface area contributed by atoms with Crippen molar-refractivity contribution in [1.82, 2.24) is 0 Å². The minimum absolute atomic E-state index is 0.0673. The van der Waals surface area contributed by atoms with Crippen LogP contribution in [0.25, 0.3) is 0 Å². The Morgan fingerprint density at radius 2 is 2.24 bits per heavy atom. The summed E-state index contributed by atoms with van der Waals surface area (Å²) in [6.07, 6.45) is 2.05. The smallest absolute Gasteiger partial charge is 0.123 e. The van der Waals surface area contributed by atoms with Gasteiger partial charge in [0, 0.05) is 5.56 Å². The molecule has 1 saturated heterocycles. The number of hydrogen-bond donors (Lipinski definition) is 0. The summed E-state index contributed by atoms with van der Waals surface area (Å²) in [5.41, 5.74) is 0.660. The summed E-state index contributed by atoms with van der Waals surface area (Å²) in [5, 5.41) is -0.370. The molecule has 1 aromatic rings. The Morgan fingerprint density at radius 1 is 1.47 bits per heavy atom. The van der Waals surface area contributed by atoms with E-state index in [0.29, 0.717) is 11.3 Å². The van der Waals surface area contributed by atoms with Crippen LogP contribution >= 0.6 is 11.6 Å². The summed E-state index contributed by atoms with van der Waals surface area (Å²) in [6, 6.07) is 4.38. The van der Waals surface area contributed by atoms with Crippen molar-refractivity contribution in [3.8, 4) is 5.75 Å². The number of methoxy groups -OCH3 is 1. The van der Waals surface area contributed by atoms with Crippen LogP contribution in [0.2, 0.25) is 0 Å². The minimum atomic E-state index is -0.370. The second kappa shape index (κ2) is 5.23. The van der Waals surface area contributed by atoms with Crippen LogP contribution in [0.5, 0.6) is 5.75 Å². The molecule has 1 heterocycles. The third-order valence-corrected chi connectivity index (χ3v) is 3.60. The fraction of sp³-hybridized carbons (Fsp3) is 0.538. The SMILES string of the molecule is COc1ccc(F)cc1C(Cl)C1CCC(C)O1. The van der Waals surface area contributed by atoms with Gasteiger partial charge in [0.25, 0.3) is 0 Å². The fourth-order valence-corrected chi connectivity index (χ4v) is 2.53. The lowest BCUT2D eigenvalue weighted by molar-refractivity contribution is 0.0529. The lowest BCUT2D eigenvalue weighted by atomic mass is 10.0. The van der Waals surface area contributed by atoms with Gasteiger partial charge < -0.3 is 9.47 Å². The lowest BCUT2D eigenvalue weighted by Crippen LogP contribution is -2.15. The van der Waals surface area contributed by atoms with Gasteiger partial charge in [-0.15, -0.1) is 11.6 Å². The Kier molecular flexibility index (Phi) is 3.89. The Hall–Kier alpha value is -0.800. The average Bonchev–Trinajstić information content (AvgIpc) is 2.75. The van der Waals surface area contributed by atoms with E-state index in [-0.39, 0.29) is 23.4 Å². The minimum Gasteiger partial charge on any atom is -0.496 e. The van der Waals surface area contributed by atoms with Gasteiger partial charge in [-0.1, -0.05) is 0 Å². The summed E-state index contributed by atoms with van der Waals surface area (Å²) < 4.78 is 24.2. The average molecular weight is 259 g/mol. The summed E-state index contributed by atoms with van der Waals surface area (Å²) >= 11 is 6.36. The van der Waals surface area contributed by atoms with E-state index in [0.717, 1.165) is 12.8 Å². The van der Waals surface area contributed by atoms with E-state index in [2.05, 4.69) is 0 Å². The third kappa shape index (κ3) is 2.72. The highest BCUT2D eigenvalue weighted by molar-refractivity contribution is 6.21. The van der Waals surface area contributed by atoms with E-state index in [1.807, 2.05) is 6.92 Å². The first-order chi connectivity index (χ1) is 8.11. The van der Waals surface area contributed by atoms with Gasteiger partial charge in [-0.25, -0.2) is 4.39 Å². The molecule has 2 rings (SSSR count). The van der Waals surface area contributed by atoms with Gasteiger partial charge in [0.2, 0.25) is 0 Å². The van der Waals surface area contributed by atoms with Gasteiger partial charge in [-0.05, 0) is 38.0 Å². The quantitative estimate of drug-likeness (QED) is 0.770. The van der Waals surface area contributed by atoms with Crippen molar-refractivity contribution in [2.75, 3.05) is 7.11 Å². The van der Waals surface area contributed by atoms with E-state index in [9.17, 15) is 4.39 Å². The maximum atomic E-state index is 13.3. The molecule has 1 aliphatic rings. The molecular weight excluding hydrogens is 243 g/mol. The summed E-state index contributed by atoms with van der Waals surface area (Å²) in [6.45, 7) is 2.02. The molecule has 4 heteroatoms. The van der Waals surface area contributed by atoms with Gasteiger partial charge in [0.05, 0.1) is 24.7 Å². The Balaban J connectivity index is 2.23. The summed E-state index contributed by atoms with van der Waals surface area (Å²) in [4.78, 5) is 0. The standard InChI is InChI=1S/C13H16ClFO2/c1-8-3-5-12(17-8)13(14)10-7-9(15)4-6-11(10)16-2/h4,6-8,12-13H,3,5H2,1-2H3. The molecule has 0 aromatic heterocycles. The molecule has 1 aromatic carbocycles. The lowest BCUT2D eigenvalue weighted by Gasteiger charge is -2.20. The molecular formula is C13H16ClFO2. The molecule has 1 fully saturated rings. The number of ether oxygens (including phenoxy) is 2. The number of hydrogen-bond acceptors (Lipinski definition) is 2. The van der Waals surface area contributed by atoms with Gasteiger partial charge >= 0.3 is 0 Å². The first kappa shape index (κ1) is 12.7. The van der Waals surface area contributed by atoms with E-state index in [1.54, 1.807) is 13.2 Å². The predicted molar refractivity (Wildman–Crippen MR) is 65.1 cm³/mol. The summed E-state index contributed by atoms with van der Waals surface area (Å²) in [7, 11) is 1.55.